The van der Waals surface area contributed by atoms with E-state index in [0.717, 1.165) is 4.47 Å². The molecule has 7 heteroatoms. The van der Waals surface area contributed by atoms with Crippen molar-refractivity contribution in [1.82, 2.24) is 0 Å². The number of rotatable bonds is 5. The molecule has 0 radical (unpaired) electrons. The van der Waals surface area contributed by atoms with Crippen LogP contribution in [-0.4, -0.2) is 28.4 Å². The zero-order chi connectivity index (χ0) is 17.7. The Kier molecular flexibility index (Phi) is 6.28. The van der Waals surface area contributed by atoms with E-state index in [0.29, 0.717) is 10.6 Å². The number of esters is 1. The van der Waals surface area contributed by atoms with E-state index in [-0.39, 0.29) is 5.56 Å². The van der Waals surface area contributed by atoms with Crippen LogP contribution in [0, 0.1) is 0 Å². The highest BCUT2D eigenvalue weighted by Crippen LogP contribution is 2.17. The van der Waals surface area contributed by atoms with Crippen molar-refractivity contribution in [2.24, 2.45) is 0 Å². The minimum Gasteiger partial charge on any atom is -0.449 e. The highest BCUT2D eigenvalue weighted by molar-refractivity contribution is 9.10. The smallest absolute Gasteiger partial charge is 0.340 e. The van der Waals surface area contributed by atoms with E-state index in [4.69, 9.17) is 4.74 Å². The van der Waals surface area contributed by atoms with Gasteiger partial charge in [-0.25, -0.2) is 4.79 Å². The van der Waals surface area contributed by atoms with Crippen LogP contribution in [0.4, 0.5) is 5.69 Å². The molecule has 2 aromatic carbocycles. The third-order valence-corrected chi connectivity index (χ3v) is 4.63. The predicted octanol–water partition coefficient (Wildman–Crippen LogP) is 3.37. The highest BCUT2D eigenvalue weighted by atomic mass is 79.9. The number of amides is 1. The molecule has 0 aliphatic carbocycles. The van der Waals surface area contributed by atoms with Crippen molar-refractivity contribution in [2.45, 2.75) is 17.9 Å². The molecule has 2 aromatic rings. The van der Waals surface area contributed by atoms with Crippen LogP contribution < -0.4 is 5.32 Å². The van der Waals surface area contributed by atoms with Crippen molar-refractivity contribution in [3.8, 4) is 0 Å². The molecule has 0 fully saturated rings. The number of hydrogen-bond acceptors (Lipinski definition) is 4. The molecule has 0 heterocycles. The summed E-state index contributed by atoms with van der Waals surface area (Å²) in [5.41, 5.74) is 0.785. The van der Waals surface area contributed by atoms with E-state index in [1.54, 1.807) is 36.4 Å². The second kappa shape index (κ2) is 8.21. The summed E-state index contributed by atoms with van der Waals surface area (Å²) in [6.45, 7) is 1.48. The van der Waals surface area contributed by atoms with Gasteiger partial charge in [0, 0.05) is 16.4 Å². The van der Waals surface area contributed by atoms with Crippen molar-refractivity contribution < 1.29 is 18.5 Å². The monoisotopic (exact) mass is 409 g/mol. The van der Waals surface area contributed by atoms with Crippen molar-refractivity contribution in [3.63, 3.8) is 0 Å². The fraction of sp³-hybridized carbons (Fsp3) is 0.176. The Hall–Kier alpha value is -1.99. The van der Waals surface area contributed by atoms with Gasteiger partial charge in [0.1, 0.15) is 0 Å². The molecule has 1 N–H and O–H groups in total. The van der Waals surface area contributed by atoms with E-state index in [1.807, 2.05) is 6.07 Å². The lowest BCUT2D eigenvalue weighted by molar-refractivity contribution is -0.123. The summed E-state index contributed by atoms with van der Waals surface area (Å²) in [5, 5.41) is 2.67. The summed E-state index contributed by atoms with van der Waals surface area (Å²) in [7, 11) is -1.33. The van der Waals surface area contributed by atoms with Crippen molar-refractivity contribution in [2.75, 3.05) is 11.6 Å². The number of carbonyl (C=O) groups is 2. The van der Waals surface area contributed by atoms with Crippen LogP contribution >= 0.6 is 15.9 Å². The Balaban J connectivity index is 2.06. The van der Waals surface area contributed by atoms with E-state index >= 15 is 0 Å². The Morgan fingerprint density at radius 3 is 2.54 bits per heavy atom. The van der Waals surface area contributed by atoms with Gasteiger partial charge in [-0.3, -0.25) is 9.00 Å². The number of ether oxygens (including phenoxy) is 1. The van der Waals surface area contributed by atoms with E-state index in [2.05, 4.69) is 21.2 Å². The van der Waals surface area contributed by atoms with Gasteiger partial charge in [0.05, 0.1) is 21.3 Å². The molecule has 2 rings (SSSR count). The van der Waals surface area contributed by atoms with Crippen LogP contribution in [0.3, 0.4) is 0 Å². The van der Waals surface area contributed by atoms with Gasteiger partial charge in [-0.1, -0.05) is 34.1 Å². The maximum Gasteiger partial charge on any atom is 0.340 e. The van der Waals surface area contributed by atoms with Gasteiger partial charge >= 0.3 is 5.97 Å². The number of carbonyl (C=O) groups excluding carboxylic acids is 2. The summed E-state index contributed by atoms with van der Waals surface area (Å²) in [6, 6.07) is 13.5. The van der Waals surface area contributed by atoms with Crippen LogP contribution in [0.1, 0.15) is 17.3 Å². The number of nitrogens with one attached hydrogen (secondary N) is 1. The topological polar surface area (TPSA) is 72.5 Å². The van der Waals surface area contributed by atoms with Gasteiger partial charge < -0.3 is 10.1 Å². The zero-order valence-electron chi connectivity index (χ0n) is 13.1. The summed E-state index contributed by atoms with van der Waals surface area (Å²) >= 11 is 3.32. The van der Waals surface area contributed by atoms with Gasteiger partial charge in [0.2, 0.25) is 0 Å². The molecule has 1 amide bonds. The second-order valence-corrected chi connectivity index (χ2v) is 7.26. The third kappa shape index (κ3) is 4.75. The number of hydrogen-bond donors (Lipinski definition) is 1. The Morgan fingerprint density at radius 2 is 1.88 bits per heavy atom. The first kappa shape index (κ1) is 18.4. The maximum absolute atomic E-state index is 12.2. The number of halogens is 1. The molecule has 24 heavy (non-hydrogen) atoms. The third-order valence-electron chi connectivity index (χ3n) is 3.16. The first-order valence-corrected chi connectivity index (χ1v) is 9.43. The molecule has 5 nitrogen and oxygen atoms in total. The first-order valence-electron chi connectivity index (χ1n) is 7.08. The largest absolute Gasteiger partial charge is 0.449 e. The number of benzene rings is 2. The Labute approximate surface area is 151 Å². The second-order valence-electron chi connectivity index (χ2n) is 5.00. The molecule has 0 aliphatic heterocycles. The molecule has 0 saturated heterocycles. The van der Waals surface area contributed by atoms with E-state index in [1.165, 1.54) is 19.2 Å². The Bertz CT molecular complexity index is 794. The van der Waals surface area contributed by atoms with Gasteiger partial charge in [0.15, 0.2) is 6.10 Å². The predicted molar refractivity (Wildman–Crippen MR) is 96.4 cm³/mol. The van der Waals surface area contributed by atoms with Crippen LogP contribution in [0.5, 0.6) is 0 Å². The van der Waals surface area contributed by atoms with Crippen LogP contribution in [0.2, 0.25) is 0 Å². The van der Waals surface area contributed by atoms with Crippen LogP contribution in [0.25, 0.3) is 0 Å². The van der Waals surface area contributed by atoms with Gasteiger partial charge in [-0.2, -0.15) is 0 Å². The summed E-state index contributed by atoms with van der Waals surface area (Å²) in [4.78, 5) is 24.8. The van der Waals surface area contributed by atoms with Crippen molar-refractivity contribution >= 4 is 44.3 Å². The SMILES string of the molecule is C[C@H](OC(=O)c1ccccc1[S@](C)=O)C(=O)Nc1cccc(Br)c1. The fourth-order valence-corrected chi connectivity index (χ4v) is 3.10. The summed E-state index contributed by atoms with van der Waals surface area (Å²) < 4.78 is 17.7. The normalized spacial score (nSPS) is 13.0. The van der Waals surface area contributed by atoms with Crippen molar-refractivity contribution in [1.29, 1.82) is 0 Å². The molecule has 0 spiro atoms. The molecule has 2 atom stereocenters. The fourth-order valence-electron chi connectivity index (χ4n) is 1.97. The molecule has 0 unspecified atom stereocenters. The van der Waals surface area contributed by atoms with E-state index < -0.39 is 28.8 Å². The lowest BCUT2D eigenvalue weighted by Crippen LogP contribution is -2.30. The lowest BCUT2D eigenvalue weighted by atomic mass is 10.2. The summed E-state index contributed by atoms with van der Waals surface area (Å²) in [5.74, 6) is -1.13. The highest BCUT2D eigenvalue weighted by Gasteiger charge is 2.21. The Morgan fingerprint density at radius 1 is 1.17 bits per heavy atom. The van der Waals surface area contributed by atoms with Crippen molar-refractivity contribution in [3.05, 3.63) is 58.6 Å². The summed E-state index contributed by atoms with van der Waals surface area (Å²) in [6.07, 6.45) is 0.491. The van der Waals surface area contributed by atoms with Crippen LogP contribution in [-0.2, 0) is 20.3 Å². The molecule has 0 aliphatic rings. The molecule has 126 valence electrons. The quantitative estimate of drug-likeness (QED) is 0.768. The van der Waals surface area contributed by atoms with Crippen LogP contribution in [0.15, 0.2) is 57.9 Å². The van der Waals surface area contributed by atoms with Gasteiger partial charge in [-0.15, -0.1) is 0 Å². The first-order chi connectivity index (χ1) is 11.4. The van der Waals surface area contributed by atoms with Gasteiger partial charge in [0.25, 0.3) is 5.91 Å². The minimum absolute atomic E-state index is 0.195. The standard InChI is InChI=1S/C17H16BrNO4S/c1-11(16(20)19-13-7-5-6-12(18)10-13)23-17(21)14-8-3-4-9-15(14)24(2)22/h3-11H,1-2H3,(H,19,20)/t11-,24-/m0/s1. The maximum atomic E-state index is 12.2. The molecular formula is C17H16BrNO4S. The molecule has 0 bridgehead atoms. The minimum atomic E-state index is -1.33. The number of anilines is 1. The average Bonchev–Trinajstić information content (AvgIpc) is 2.54. The van der Waals surface area contributed by atoms with E-state index in [9.17, 15) is 13.8 Å². The molecular weight excluding hydrogens is 394 g/mol. The lowest BCUT2D eigenvalue weighted by Gasteiger charge is -2.14. The zero-order valence-corrected chi connectivity index (χ0v) is 15.5. The molecule has 0 aromatic heterocycles. The average molecular weight is 410 g/mol. The van der Waals surface area contributed by atoms with Gasteiger partial charge in [-0.05, 0) is 37.3 Å². The molecule has 0 saturated carbocycles.